The number of benzene rings is 1. The predicted octanol–water partition coefficient (Wildman–Crippen LogP) is 0.529. The van der Waals surface area contributed by atoms with E-state index < -0.39 is 10.0 Å². The molecule has 1 rings (SSSR count). The monoisotopic (exact) mass is 313 g/mol. The lowest BCUT2D eigenvalue weighted by molar-refractivity contribution is -0.134. The number of rotatable bonds is 5. The van der Waals surface area contributed by atoms with Crippen molar-refractivity contribution in [1.29, 1.82) is 0 Å². The van der Waals surface area contributed by atoms with Gasteiger partial charge in [0.1, 0.15) is 6.54 Å². The highest BCUT2D eigenvalue weighted by Crippen LogP contribution is 2.12. The van der Waals surface area contributed by atoms with Crippen LogP contribution in [0.25, 0.3) is 0 Å². The number of amides is 2. The van der Waals surface area contributed by atoms with E-state index in [2.05, 4.69) is 5.32 Å². The summed E-state index contributed by atoms with van der Waals surface area (Å²) in [6.07, 6.45) is 0. The zero-order valence-electron chi connectivity index (χ0n) is 12.2. The largest absolute Gasteiger partial charge is 0.331 e. The van der Waals surface area contributed by atoms with Crippen LogP contribution in [0, 0.1) is 0 Å². The van der Waals surface area contributed by atoms with E-state index in [0.717, 1.165) is 0 Å². The summed E-state index contributed by atoms with van der Waals surface area (Å²) in [4.78, 5) is 24.6. The van der Waals surface area contributed by atoms with Gasteiger partial charge < -0.3 is 10.2 Å². The Kier molecular flexibility index (Phi) is 5.45. The number of hydrogen-bond donors (Lipinski definition) is 2. The van der Waals surface area contributed by atoms with Gasteiger partial charge in [0.15, 0.2) is 0 Å². The average Bonchev–Trinajstić information content (AvgIpc) is 2.34. The number of nitrogens with one attached hydrogen (secondary N) is 1. The number of sulfonamides is 1. The van der Waals surface area contributed by atoms with Crippen molar-refractivity contribution in [3.05, 3.63) is 24.3 Å². The maximum absolute atomic E-state index is 11.9. The number of primary sulfonamides is 1. The number of nitrogens with two attached hydrogens (primary N) is 1. The van der Waals surface area contributed by atoms with E-state index in [1.165, 1.54) is 36.1 Å². The molecule has 3 N–H and O–H groups in total. The zero-order valence-corrected chi connectivity index (χ0v) is 13.0. The highest BCUT2D eigenvalue weighted by atomic mass is 32.2. The van der Waals surface area contributed by atoms with E-state index in [1.807, 2.05) is 13.8 Å². The van der Waals surface area contributed by atoms with E-state index in [9.17, 15) is 18.0 Å². The summed E-state index contributed by atoms with van der Waals surface area (Å²) >= 11 is 0. The number of nitrogens with zero attached hydrogens (tertiary/aromatic N) is 1. The summed E-state index contributed by atoms with van der Waals surface area (Å²) in [5.41, 5.74) is 0.430. The fraction of sp³-hybridized carbons (Fsp3) is 0.385. The van der Waals surface area contributed by atoms with Gasteiger partial charge in [-0.2, -0.15) is 0 Å². The molecule has 0 saturated carbocycles. The Bertz CT molecular complexity index is 623. The maximum atomic E-state index is 11.9. The van der Waals surface area contributed by atoms with Crippen LogP contribution in [0.3, 0.4) is 0 Å². The Morgan fingerprint density at radius 1 is 1.24 bits per heavy atom. The number of anilines is 1. The van der Waals surface area contributed by atoms with Crippen LogP contribution in [0.4, 0.5) is 5.69 Å². The first-order valence-electron chi connectivity index (χ1n) is 6.31. The molecule has 0 aliphatic heterocycles. The fourth-order valence-corrected chi connectivity index (χ4v) is 2.26. The van der Waals surface area contributed by atoms with Crippen molar-refractivity contribution in [3.63, 3.8) is 0 Å². The predicted molar refractivity (Wildman–Crippen MR) is 79.0 cm³/mol. The number of carbonyl (C=O) groups is 2. The van der Waals surface area contributed by atoms with Crippen LogP contribution in [0.15, 0.2) is 29.2 Å². The van der Waals surface area contributed by atoms with E-state index in [0.29, 0.717) is 5.69 Å². The van der Waals surface area contributed by atoms with Crippen LogP contribution < -0.4 is 10.5 Å². The van der Waals surface area contributed by atoms with Crippen LogP contribution in [0.2, 0.25) is 0 Å². The second kappa shape index (κ2) is 6.68. The summed E-state index contributed by atoms with van der Waals surface area (Å²) in [6, 6.07) is 5.39. The van der Waals surface area contributed by atoms with E-state index >= 15 is 0 Å². The Morgan fingerprint density at radius 2 is 1.76 bits per heavy atom. The van der Waals surface area contributed by atoms with E-state index in [4.69, 9.17) is 5.14 Å². The molecular formula is C13H19N3O4S. The molecule has 21 heavy (non-hydrogen) atoms. The van der Waals surface area contributed by atoms with Crippen molar-refractivity contribution in [3.8, 4) is 0 Å². The smallest absolute Gasteiger partial charge is 0.244 e. The minimum absolute atomic E-state index is 0.0342. The van der Waals surface area contributed by atoms with Crippen molar-refractivity contribution in [2.24, 2.45) is 5.14 Å². The van der Waals surface area contributed by atoms with Gasteiger partial charge in [-0.25, -0.2) is 13.6 Å². The summed E-state index contributed by atoms with van der Waals surface area (Å²) in [5.74, 6) is -0.549. The quantitative estimate of drug-likeness (QED) is 0.826. The van der Waals surface area contributed by atoms with E-state index in [-0.39, 0.29) is 29.3 Å². The Balaban J connectivity index is 2.73. The van der Waals surface area contributed by atoms with Crippen molar-refractivity contribution in [1.82, 2.24) is 4.90 Å². The first kappa shape index (κ1) is 17.1. The second-order valence-electron chi connectivity index (χ2n) is 4.86. The molecular weight excluding hydrogens is 294 g/mol. The van der Waals surface area contributed by atoms with Gasteiger partial charge >= 0.3 is 0 Å². The topological polar surface area (TPSA) is 110 Å². The average molecular weight is 313 g/mol. The van der Waals surface area contributed by atoms with Gasteiger partial charge in [0, 0.05) is 18.7 Å². The standard InChI is InChI=1S/C13H19N3O4S/c1-9(2)16(10(3)17)8-13(18)15-11-4-6-12(7-5-11)21(14,19)20/h4-7,9H,8H2,1-3H3,(H,15,18)(H2,14,19,20). The molecule has 1 aromatic carbocycles. The van der Waals surface area contributed by atoms with Crippen molar-refractivity contribution in [2.75, 3.05) is 11.9 Å². The van der Waals surface area contributed by atoms with Crippen LogP contribution in [0.5, 0.6) is 0 Å². The van der Waals surface area contributed by atoms with Crippen molar-refractivity contribution in [2.45, 2.75) is 31.7 Å². The van der Waals surface area contributed by atoms with Gasteiger partial charge in [-0.1, -0.05) is 0 Å². The van der Waals surface area contributed by atoms with Crippen LogP contribution in [-0.4, -0.2) is 37.7 Å². The molecule has 0 spiro atoms. The fourth-order valence-electron chi connectivity index (χ4n) is 1.74. The SMILES string of the molecule is CC(=O)N(CC(=O)Nc1ccc(S(N)(=O)=O)cc1)C(C)C. The molecule has 0 heterocycles. The molecule has 1 aromatic rings. The number of hydrogen-bond acceptors (Lipinski definition) is 4. The lowest BCUT2D eigenvalue weighted by Crippen LogP contribution is -2.41. The highest BCUT2D eigenvalue weighted by Gasteiger charge is 2.16. The summed E-state index contributed by atoms with van der Waals surface area (Å²) in [6.45, 7) is 4.96. The molecule has 0 aliphatic carbocycles. The maximum Gasteiger partial charge on any atom is 0.244 e. The Labute approximate surface area is 124 Å². The third-order valence-electron chi connectivity index (χ3n) is 2.81. The summed E-state index contributed by atoms with van der Waals surface area (Å²) < 4.78 is 22.2. The molecule has 116 valence electrons. The van der Waals surface area contributed by atoms with Gasteiger partial charge in [0.25, 0.3) is 0 Å². The molecule has 0 unspecified atom stereocenters. The molecule has 0 bridgehead atoms. The van der Waals surface area contributed by atoms with Gasteiger partial charge in [0.05, 0.1) is 4.90 Å². The summed E-state index contributed by atoms with van der Waals surface area (Å²) in [7, 11) is -3.76. The molecule has 0 atom stereocenters. The molecule has 7 nitrogen and oxygen atoms in total. The molecule has 0 fully saturated rings. The normalized spacial score (nSPS) is 11.3. The molecule has 8 heteroatoms. The van der Waals surface area contributed by atoms with Gasteiger partial charge in [-0.3, -0.25) is 9.59 Å². The van der Waals surface area contributed by atoms with Gasteiger partial charge in [-0.15, -0.1) is 0 Å². The van der Waals surface area contributed by atoms with E-state index in [1.54, 1.807) is 0 Å². The number of carbonyl (C=O) groups excluding carboxylic acids is 2. The minimum atomic E-state index is -3.76. The van der Waals surface area contributed by atoms with Crippen molar-refractivity contribution < 1.29 is 18.0 Å². The first-order chi connectivity index (χ1) is 9.61. The molecule has 2 amide bonds. The Hall–Kier alpha value is -1.93. The van der Waals surface area contributed by atoms with Gasteiger partial charge in [0.2, 0.25) is 21.8 Å². The van der Waals surface area contributed by atoms with Crippen LogP contribution in [-0.2, 0) is 19.6 Å². The summed E-state index contributed by atoms with van der Waals surface area (Å²) in [5, 5.41) is 7.57. The van der Waals surface area contributed by atoms with Crippen molar-refractivity contribution >= 4 is 27.5 Å². The molecule has 0 radical (unpaired) electrons. The third-order valence-corrected chi connectivity index (χ3v) is 3.74. The first-order valence-corrected chi connectivity index (χ1v) is 7.86. The van der Waals surface area contributed by atoms with Gasteiger partial charge in [-0.05, 0) is 38.1 Å². The molecule has 0 aliphatic rings. The molecule has 0 aromatic heterocycles. The lowest BCUT2D eigenvalue weighted by atomic mass is 10.3. The highest BCUT2D eigenvalue weighted by molar-refractivity contribution is 7.89. The zero-order chi connectivity index (χ0) is 16.2. The molecule has 0 saturated heterocycles. The van der Waals surface area contributed by atoms with Crippen LogP contribution in [0.1, 0.15) is 20.8 Å². The Morgan fingerprint density at radius 3 is 2.14 bits per heavy atom. The minimum Gasteiger partial charge on any atom is -0.331 e. The third kappa shape index (κ3) is 5.16. The van der Waals surface area contributed by atoms with Crippen LogP contribution >= 0.6 is 0 Å². The second-order valence-corrected chi connectivity index (χ2v) is 6.42. The lowest BCUT2D eigenvalue weighted by Gasteiger charge is -2.24.